The SMILES string of the molecule is CN=Cc1oc(C(=O)NCC2C=CC(S(=O)(=O)C3CCOCC3)=CC2)cc1C. The maximum absolute atomic E-state index is 12.7. The highest BCUT2D eigenvalue weighted by atomic mass is 32.2. The summed E-state index contributed by atoms with van der Waals surface area (Å²) in [5.74, 6) is 0.559. The summed E-state index contributed by atoms with van der Waals surface area (Å²) in [6, 6.07) is 1.68. The Morgan fingerprint density at radius 3 is 2.75 bits per heavy atom. The number of ether oxygens (including phenoxy) is 1. The number of aliphatic imine (C=N–C) groups is 1. The van der Waals surface area contributed by atoms with E-state index in [1.165, 1.54) is 0 Å². The summed E-state index contributed by atoms with van der Waals surface area (Å²) in [4.78, 5) is 16.6. The monoisotopic (exact) mass is 406 g/mol. The fourth-order valence-electron chi connectivity index (χ4n) is 3.35. The third kappa shape index (κ3) is 4.62. The Morgan fingerprint density at radius 1 is 1.36 bits per heavy atom. The summed E-state index contributed by atoms with van der Waals surface area (Å²) in [5.41, 5.74) is 0.846. The number of hydrogen-bond acceptors (Lipinski definition) is 6. The van der Waals surface area contributed by atoms with Gasteiger partial charge in [-0.15, -0.1) is 0 Å². The standard InChI is InChI=1S/C20H26N2O5S/c1-14-11-18(27-19(14)13-21-2)20(23)22-12-15-3-5-16(6-4-15)28(24,25)17-7-9-26-10-8-17/h3,5-6,11,13,15,17H,4,7-10,12H2,1-2H3,(H,22,23). The Morgan fingerprint density at radius 2 is 2.11 bits per heavy atom. The summed E-state index contributed by atoms with van der Waals surface area (Å²) in [6.45, 7) is 3.25. The highest BCUT2D eigenvalue weighted by Crippen LogP contribution is 2.27. The van der Waals surface area contributed by atoms with Gasteiger partial charge in [0.25, 0.3) is 5.91 Å². The van der Waals surface area contributed by atoms with Crippen LogP contribution < -0.4 is 5.32 Å². The van der Waals surface area contributed by atoms with Gasteiger partial charge in [-0.05, 0) is 49.8 Å². The molecule has 1 N–H and O–H groups in total. The van der Waals surface area contributed by atoms with Crippen LogP contribution in [0.5, 0.6) is 0 Å². The van der Waals surface area contributed by atoms with Crippen LogP contribution >= 0.6 is 0 Å². The van der Waals surface area contributed by atoms with Crippen LogP contribution in [0.2, 0.25) is 0 Å². The molecular formula is C20H26N2O5S. The Bertz CT molecular complexity index is 905. The average molecular weight is 407 g/mol. The molecule has 0 spiro atoms. The number of allylic oxidation sites excluding steroid dienone is 2. The molecular weight excluding hydrogens is 380 g/mol. The first kappa shape index (κ1) is 20.5. The largest absolute Gasteiger partial charge is 0.450 e. The van der Waals surface area contributed by atoms with Crippen molar-refractivity contribution < 1.29 is 22.4 Å². The third-order valence-corrected chi connectivity index (χ3v) is 7.35. The minimum atomic E-state index is -3.31. The number of carbonyl (C=O) groups excluding carboxylic acids is 1. The molecule has 1 unspecified atom stereocenters. The first-order valence-corrected chi connectivity index (χ1v) is 11.0. The molecule has 1 atom stereocenters. The van der Waals surface area contributed by atoms with Gasteiger partial charge in [-0.25, -0.2) is 8.42 Å². The van der Waals surface area contributed by atoms with Crippen molar-refractivity contribution in [1.82, 2.24) is 5.32 Å². The van der Waals surface area contributed by atoms with Gasteiger partial charge in [-0.1, -0.05) is 12.2 Å². The van der Waals surface area contributed by atoms with Gasteiger partial charge in [0.15, 0.2) is 15.6 Å². The highest BCUT2D eigenvalue weighted by molar-refractivity contribution is 7.96. The molecule has 152 valence electrons. The predicted octanol–water partition coefficient (Wildman–Crippen LogP) is 2.42. The van der Waals surface area contributed by atoms with Crippen LogP contribution in [0.15, 0.2) is 38.6 Å². The van der Waals surface area contributed by atoms with E-state index < -0.39 is 9.84 Å². The molecule has 7 nitrogen and oxygen atoms in total. The van der Waals surface area contributed by atoms with E-state index >= 15 is 0 Å². The quantitative estimate of drug-likeness (QED) is 0.732. The van der Waals surface area contributed by atoms with E-state index in [0.717, 1.165) is 5.56 Å². The summed E-state index contributed by atoms with van der Waals surface area (Å²) in [6.07, 6.45) is 8.50. The predicted molar refractivity (Wildman–Crippen MR) is 107 cm³/mol. The first-order chi connectivity index (χ1) is 13.4. The second-order valence-corrected chi connectivity index (χ2v) is 9.30. The number of hydrogen-bond donors (Lipinski definition) is 1. The lowest BCUT2D eigenvalue weighted by molar-refractivity contribution is 0.0921. The zero-order valence-electron chi connectivity index (χ0n) is 16.2. The Balaban J connectivity index is 1.55. The van der Waals surface area contributed by atoms with Crippen LogP contribution in [0.4, 0.5) is 0 Å². The molecule has 2 aliphatic rings. The molecule has 1 saturated heterocycles. The molecule has 1 aliphatic carbocycles. The lowest BCUT2D eigenvalue weighted by atomic mass is 10.0. The van der Waals surface area contributed by atoms with E-state index in [9.17, 15) is 13.2 Å². The van der Waals surface area contributed by atoms with Gasteiger partial charge in [-0.3, -0.25) is 9.79 Å². The number of amides is 1. The molecule has 1 aromatic heterocycles. The lowest BCUT2D eigenvalue weighted by Gasteiger charge is -2.24. The normalized spacial score (nSPS) is 21.1. The molecule has 0 radical (unpaired) electrons. The van der Waals surface area contributed by atoms with Crippen LogP contribution in [0.25, 0.3) is 0 Å². The number of carbonyl (C=O) groups is 1. The maximum atomic E-state index is 12.7. The zero-order chi connectivity index (χ0) is 20.1. The van der Waals surface area contributed by atoms with Gasteiger partial charge >= 0.3 is 0 Å². The highest BCUT2D eigenvalue weighted by Gasteiger charge is 2.31. The summed E-state index contributed by atoms with van der Waals surface area (Å²) in [7, 11) is -1.67. The van der Waals surface area contributed by atoms with Gasteiger partial charge < -0.3 is 14.5 Å². The molecule has 0 saturated carbocycles. The van der Waals surface area contributed by atoms with Crippen molar-refractivity contribution >= 4 is 22.0 Å². The van der Waals surface area contributed by atoms with Gasteiger partial charge in [-0.2, -0.15) is 0 Å². The second-order valence-electron chi connectivity index (χ2n) is 7.07. The van der Waals surface area contributed by atoms with Crippen LogP contribution in [0, 0.1) is 12.8 Å². The van der Waals surface area contributed by atoms with Crippen molar-refractivity contribution in [3.05, 3.63) is 46.3 Å². The van der Waals surface area contributed by atoms with Crippen molar-refractivity contribution in [1.29, 1.82) is 0 Å². The van der Waals surface area contributed by atoms with Gasteiger partial charge in [0.05, 0.1) is 16.4 Å². The molecule has 0 bridgehead atoms. The van der Waals surface area contributed by atoms with E-state index in [2.05, 4.69) is 10.3 Å². The topological polar surface area (TPSA) is 98.0 Å². The van der Waals surface area contributed by atoms with E-state index in [4.69, 9.17) is 9.15 Å². The lowest BCUT2D eigenvalue weighted by Crippen LogP contribution is -2.31. The number of furan rings is 1. The Kier molecular flexibility index (Phi) is 6.51. The Labute approximate surface area is 165 Å². The van der Waals surface area contributed by atoms with E-state index in [1.54, 1.807) is 31.5 Å². The molecule has 1 aliphatic heterocycles. The van der Waals surface area contributed by atoms with Crippen molar-refractivity contribution in [2.75, 3.05) is 26.8 Å². The fourth-order valence-corrected chi connectivity index (χ4v) is 5.15. The molecule has 3 rings (SSSR count). The average Bonchev–Trinajstić information content (AvgIpc) is 3.08. The van der Waals surface area contributed by atoms with Crippen LogP contribution in [0.1, 0.15) is 41.1 Å². The molecule has 1 amide bonds. The van der Waals surface area contributed by atoms with Crippen molar-refractivity contribution in [2.24, 2.45) is 10.9 Å². The van der Waals surface area contributed by atoms with Gasteiger partial charge in [0.1, 0.15) is 5.76 Å². The van der Waals surface area contributed by atoms with Crippen LogP contribution in [-0.4, -0.2) is 52.6 Å². The van der Waals surface area contributed by atoms with Crippen molar-refractivity contribution in [3.63, 3.8) is 0 Å². The smallest absolute Gasteiger partial charge is 0.287 e. The summed E-state index contributed by atoms with van der Waals surface area (Å²) < 4.78 is 36.2. The fraction of sp³-hybridized carbons (Fsp3) is 0.500. The minimum absolute atomic E-state index is 0.0466. The van der Waals surface area contributed by atoms with Crippen molar-refractivity contribution in [2.45, 2.75) is 31.4 Å². The Hall–Kier alpha value is -2.19. The molecule has 28 heavy (non-hydrogen) atoms. The van der Waals surface area contributed by atoms with Crippen LogP contribution in [0.3, 0.4) is 0 Å². The summed E-state index contributed by atoms with van der Waals surface area (Å²) in [5, 5.41) is 2.48. The molecule has 2 heterocycles. The molecule has 0 aromatic carbocycles. The van der Waals surface area contributed by atoms with Gasteiger partial charge in [0.2, 0.25) is 0 Å². The number of aryl methyl sites for hydroxylation is 1. The van der Waals surface area contributed by atoms with Crippen molar-refractivity contribution in [3.8, 4) is 0 Å². The second kappa shape index (κ2) is 8.87. The summed E-state index contributed by atoms with van der Waals surface area (Å²) >= 11 is 0. The molecule has 8 heteroatoms. The minimum Gasteiger partial charge on any atom is -0.450 e. The van der Waals surface area contributed by atoms with E-state index in [0.29, 0.717) is 49.7 Å². The van der Waals surface area contributed by atoms with E-state index in [1.807, 2.05) is 13.0 Å². The number of nitrogens with one attached hydrogen (secondary N) is 1. The number of nitrogens with zero attached hydrogens (tertiary/aromatic N) is 1. The van der Waals surface area contributed by atoms with Gasteiger partial charge in [0, 0.05) is 26.8 Å². The zero-order valence-corrected chi connectivity index (χ0v) is 17.0. The first-order valence-electron chi connectivity index (χ1n) is 9.42. The van der Waals surface area contributed by atoms with E-state index in [-0.39, 0.29) is 22.8 Å². The number of rotatable bonds is 6. The van der Waals surface area contributed by atoms with Crippen LogP contribution in [-0.2, 0) is 14.6 Å². The maximum Gasteiger partial charge on any atom is 0.287 e. The number of sulfone groups is 1. The third-order valence-electron chi connectivity index (χ3n) is 5.04. The molecule has 1 aromatic rings. The molecule has 1 fully saturated rings.